The third-order valence-electron chi connectivity index (χ3n) is 3.18. The minimum atomic E-state index is 0.0998. The van der Waals surface area contributed by atoms with Crippen LogP contribution in [0.3, 0.4) is 0 Å². The maximum absolute atomic E-state index is 11.4. The van der Waals surface area contributed by atoms with E-state index >= 15 is 0 Å². The topological polar surface area (TPSA) is 56.1 Å². The number of carbonyl (C=O) groups excluding carboxylic acids is 1. The first kappa shape index (κ1) is 11.0. The maximum Gasteiger partial charge on any atom is 0.220 e. The summed E-state index contributed by atoms with van der Waals surface area (Å²) < 4.78 is 7.08. The van der Waals surface area contributed by atoms with Gasteiger partial charge in [-0.05, 0) is 13.8 Å². The van der Waals surface area contributed by atoms with Gasteiger partial charge in [0.05, 0.1) is 12.8 Å². The van der Waals surface area contributed by atoms with Gasteiger partial charge >= 0.3 is 0 Å². The molecular weight excluding hydrogens is 206 g/mol. The molecule has 1 aliphatic rings. The fourth-order valence-electron chi connectivity index (χ4n) is 2.46. The first-order chi connectivity index (χ1) is 7.54. The van der Waals surface area contributed by atoms with Crippen LogP contribution in [0, 0.1) is 6.92 Å². The number of hydrogen-bond acceptors (Lipinski definition) is 3. The third kappa shape index (κ3) is 1.56. The molecule has 1 aromatic rings. The predicted molar refractivity (Wildman–Crippen MR) is 59.5 cm³/mol. The van der Waals surface area contributed by atoms with Crippen LogP contribution in [-0.2, 0) is 11.8 Å². The van der Waals surface area contributed by atoms with Crippen molar-refractivity contribution in [1.29, 1.82) is 0 Å². The summed E-state index contributed by atoms with van der Waals surface area (Å²) in [5.74, 6) is 1.02. The molecule has 2 rings (SSSR count). The number of aromatic nitrogens is 2. The van der Waals surface area contributed by atoms with Crippen LogP contribution in [0.2, 0.25) is 0 Å². The molecule has 0 saturated carbocycles. The third-order valence-corrected chi connectivity index (χ3v) is 3.18. The van der Waals surface area contributed by atoms with Crippen molar-refractivity contribution in [2.45, 2.75) is 32.2 Å². The summed E-state index contributed by atoms with van der Waals surface area (Å²) in [6, 6.07) is 0.143. The van der Waals surface area contributed by atoms with E-state index < -0.39 is 0 Å². The van der Waals surface area contributed by atoms with E-state index in [-0.39, 0.29) is 17.9 Å². The lowest BCUT2D eigenvalue weighted by Gasteiger charge is -2.15. The first-order valence-electron chi connectivity index (χ1n) is 5.41. The molecule has 1 saturated heterocycles. The fraction of sp³-hybridized carbons (Fsp3) is 0.636. The number of methoxy groups -OCH3 is 1. The molecule has 0 aliphatic carbocycles. The zero-order valence-corrected chi connectivity index (χ0v) is 10.1. The quantitative estimate of drug-likeness (QED) is 0.804. The van der Waals surface area contributed by atoms with E-state index in [0.717, 1.165) is 17.1 Å². The molecule has 1 aliphatic heterocycles. The Morgan fingerprint density at radius 2 is 2.25 bits per heavy atom. The lowest BCUT2D eigenvalue weighted by atomic mass is 9.93. The smallest absolute Gasteiger partial charge is 0.220 e. The van der Waals surface area contributed by atoms with Crippen LogP contribution in [0.4, 0.5) is 0 Å². The maximum atomic E-state index is 11.4. The zero-order valence-electron chi connectivity index (χ0n) is 10.1. The summed E-state index contributed by atoms with van der Waals surface area (Å²) >= 11 is 0. The highest BCUT2D eigenvalue weighted by molar-refractivity contribution is 5.80. The molecule has 2 unspecified atom stereocenters. The van der Waals surface area contributed by atoms with E-state index in [9.17, 15) is 4.79 Å². The highest BCUT2D eigenvalue weighted by atomic mass is 16.5. The molecule has 0 bridgehead atoms. The Morgan fingerprint density at radius 3 is 2.75 bits per heavy atom. The van der Waals surface area contributed by atoms with Crippen molar-refractivity contribution in [3.05, 3.63) is 11.3 Å². The van der Waals surface area contributed by atoms with Crippen molar-refractivity contribution < 1.29 is 9.53 Å². The van der Waals surface area contributed by atoms with Gasteiger partial charge in [-0.15, -0.1) is 0 Å². The highest BCUT2D eigenvalue weighted by Gasteiger charge is 2.35. The van der Waals surface area contributed by atoms with Gasteiger partial charge in [0.25, 0.3) is 0 Å². The second kappa shape index (κ2) is 3.81. The van der Waals surface area contributed by atoms with Gasteiger partial charge in [0.15, 0.2) is 0 Å². The lowest BCUT2D eigenvalue weighted by Crippen LogP contribution is -2.24. The van der Waals surface area contributed by atoms with Crippen LogP contribution in [-0.4, -0.2) is 28.8 Å². The molecule has 1 aromatic heterocycles. The molecule has 0 spiro atoms. The number of amides is 1. The standard InChI is InChI=1S/C11H17N3O2/c1-6-8(5-9(15)12-6)10-7(2)13-14(3)11(10)16-4/h6,8H,5H2,1-4H3,(H,12,15). The molecule has 2 atom stereocenters. The van der Waals surface area contributed by atoms with E-state index in [2.05, 4.69) is 10.4 Å². The van der Waals surface area contributed by atoms with Crippen molar-refractivity contribution >= 4 is 5.91 Å². The molecular formula is C11H17N3O2. The number of aryl methyl sites for hydroxylation is 2. The zero-order chi connectivity index (χ0) is 11.9. The van der Waals surface area contributed by atoms with Gasteiger partial charge in [0, 0.05) is 31.0 Å². The van der Waals surface area contributed by atoms with Gasteiger partial charge in [0.1, 0.15) is 0 Å². The van der Waals surface area contributed by atoms with Crippen LogP contribution >= 0.6 is 0 Å². The van der Waals surface area contributed by atoms with E-state index in [1.807, 2.05) is 20.9 Å². The van der Waals surface area contributed by atoms with Crippen LogP contribution in [0.5, 0.6) is 5.88 Å². The summed E-state index contributed by atoms with van der Waals surface area (Å²) in [7, 11) is 3.49. The van der Waals surface area contributed by atoms with Crippen molar-refractivity contribution in [2.75, 3.05) is 7.11 Å². The fourth-order valence-corrected chi connectivity index (χ4v) is 2.46. The molecule has 5 nitrogen and oxygen atoms in total. The Hall–Kier alpha value is -1.52. The monoisotopic (exact) mass is 223 g/mol. The summed E-state index contributed by atoms with van der Waals surface area (Å²) in [6.45, 7) is 3.97. The SMILES string of the molecule is COc1c(C2CC(=O)NC2C)c(C)nn1C. The minimum Gasteiger partial charge on any atom is -0.481 e. The van der Waals surface area contributed by atoms with Crippen molar-refractivity contribution in [3.63, 3.8) is 0 Å². The van der Waals surface area contributed by atoms with Crippen LogP contribution in [0.1, 0.15) is 30.5 Å². The van der Waals surface area contributed by atoms with Gasteiger partial charge < -0.3 is 10.1 Å². The normalized spacial score (nSPS) is 24.6. The van der Waals surface area contributed by atoms with E-state index in [0.29, 0.717) is 6.42 Å². The largest absolute Gasteiger partial charge is 0.481 e. The Morgan fingerprint density at radius 1 is 1.56 bits per heavy atom. The summed E-state index contributed by atoms with van der Waals surface area (Å²) in [5, 5.41) is 7.26. The highest BCUT2D eigenvalue weighted by Crippen LogP contribution is 2.36. The van der Waals surface area contributed by atoms with E-state index in [1.165, 1.54) is 0 Å². The molecule has 16 heavy (non-hydrogen) atoms. The van der Waals surface area contributed by atoms with Crippen LogP contribution in [0.25, 0.3) is 0 Å². The van der Waals surface area contributed by atoms with Gasteiger partial charge in [-0.3, -0.25) is 4.79 Å². The van der Waals surface area contributed by atoms with E-state index in [1.54, 1.807) is 11.8 Å². The predicted octanol–water partition coefficient (Wildman–Crippen LogP) is 0.729. The van der Waals surface area contributed by atoms with Gasteiger partial charge in [0.2, 0.25) is 11.8 Å². The number of nitrogens with zero attached hydrogens (tertiary/aromatic N) is 2. The van der Waals surface area contributed by atoms with Crippen molar-refractivity contribution in [2.24, 2.45) is 7.05 Å². The Bertz CT molecular complexity index is 425. The molecule has 88 valence electrons. The molecule has 0 aromatic carbocycles. The van der Waals surface area contributed by atoms with Crippen molar-refractivity contribution in [3.8, 4) is 5.88 Å². The lowest BCUT2D eigenvalue weighted by molar-refractivity contribution is -0.119. The van der Waals surface area contributed by atoms with Gasteiger partial charge in [-0.2, -0.15) is 5.10 Å². The molecule has 1 N–H and O–H groups in total. The molecule has 1 fully saturated rings. The second-order valence-electron chi connectivity index (χ2n) is 4.30. The van der Waals surface area contributed by atoms with E-state index in [4.69, 9.17) is 4.74 Å². The Balaban J connectivity index is 2.43. The Labute approximate surface area is 94.8 Å². The molecule has 0 radical (unpaired) electrons. The average Bonchev–Trinajstić information content (AvgIpc) is 2.66. The minimum absolute atomic E-state index is 0.0998. The average molecular weight is 223 g/mol. The summed E-state index contributed by atoms with van der Waals surface area (Å²) in [4.78, 5) is 11.4. The van der Waals surface area contributed by atoms with Crippen molar-refractivity contribution in [1.82, 2.24) is 15.1 Å². The summed E-state index contributed by atoms with van der Waals surface area (Å²) in [5.41, 5.74) is 1.99. The second-order valence-corrected chi connectivity index (χ2v) is 4.30. The number of ether oxygens (including phenoxy) is 1. The number of rotatable bonds is 2. The Kier molecular flexibility index (Phi) is 2.61. The molecule has 5 heteroatoms. The van der Waals surface area contributed by atoms with Gasteiger partial charge in [-0.1, -0.05) is 0 Å². The molecule has 1 amide bonds. The number of hydrogen-bond donors (Lipinski definition) is 1. The first-order valence-corrected chi connectivity index (χ1v) is 5.41. The summed E-state index contributed by atoms with van der Waals surface area (Å²) in [6.07, 6.45) is 0.518. The number of nitrogens with one attached hydrogen (secondary N) is 1. The van der Waals surface area contributed by atoms with Crippen LogP contribution < -0.4 is 10.1 Å². The molecule has 2 heterocycles. The van der Waals surface area contributed by atoms with Crippen LogP contribution in [0.15, 0.2) is 0 Å². The number of carbonyl (C=O) groups is 1. The van der Waals surface area contributed by atoms with Gasteiger partial charge in [-0.25, -0.2) is 4.68 Å².